The number of halogens is 4. The van der Waals surface area contributed by atoms with E-state index in [4.69, 9.17) is 0 Å². The van der Waals surface area contributed by atoms with Gasteiger partial charge in [0.05, 0.1) is 6.47 Å². The Morgan fingerprint density at radius 1 is 0.643 bits per heavy atom. The summed E-state index contributed by atoms with van der Waals surface area (Å²) in [5.74, 6) is 1.34. The summed E-state index contributed by atoms with van der Waals surface area (Å²) in [7, 11) is 0. The molecule has 2 fully saturated rings. The lowest BCUT2D eigenvalue weighted by molar-refractivity contribution is 0.448. The van der Waals surface area contributed by atoms with Gasteiger partial charge in [0.1, 0.15) is 0 Å². The van der Waals surface area contributed by atoms with Gasteiger partial charge >= 0.3 is 0 Å². The molecule has 0 aromatic carbocycles. The van der Waals surface area contributed by atoms with Crippen LogP contribution in [-0.4, -0.2) is 6.47 Å². The zero-order valence-electron chi connectivity index (χ0n) is 8.67. The molecule has 0 aromatic rings. The molecule has 0 N–H and O–H groups in total. The minimum absolute atomic E-state index is 0.123. The molecule has 2 rings (SSSR count). The van der Waals surface area contributed by atoms with Gasteiger partial charge in [-0.1, -0.05) is 91.4 Å². The SMILES string of the molecule is CC1(C)C(C2C(C)(C)C2(Br)Br)C1(Br)Br. The third kappa shape index (κ3) is 1.20. The van der Waals surface area contributed by atoms with Crippen LogP contribution < -0.4 is 0 Å². The molecule has 0 aromatic heterocycles. The molecule has 82 valence electrons. The molecule has 0 spiro atoms. The summed E-state index contributed by atoms with van der Waals surface area (Å²) in [4.78, 5) is 0. The molecule has 2 saturated carbocycles. The van der Waals surface area contributed by atoms with E-state index < -0.39 is 0 Å². The normalized spacial score (nSPS) is 44.6. The summed E-state index contributed by atoms with van der Waals surface area (Å²) in [6.07, 6.45) is 0. The van der Waals surface area contributed by atoms with Gasteiger partial charge in [0.2, 0.25) is 0 Å². The molecule has 0 amide bonds. The molecule has 2 aliphatic rings. The average Bonchev–Trinajstić information content (AvgIpc) is 2.46. The second-order valence-corrected chi connectivity index (χ2v) is 12.8. The summed E-state index contributed by atoms with van der Waals surface area (Å²) in [5, 5.41) is 0. The van der Waals surface area contributed by atoms with E-state index in [1.54, 1.807) is 0 Å². The van der Waals surface area contributed by atoms with Crippen LogP contribution in [0.4, 0.5) is 0 Å². The minimum Gasteiger partial charge on any atom is -0.0718 e. The van der Waals surface area contributed by atoms with Crippen molar-refractivity contribution in [1.82, 2.24) is 0 Å². The lowest BCUT2D eigenvalue weighted by atomic mass is 10.0. The van der Waals surface area contributed by atoms with Gasteiger partial charge in [-0.05, 0) is 22.7 Å². The van der Waals surface area contributed by atoms with Crippen molar-refractivity contribution in [2.45, 2.75) is 34.2 Å². The van der Waals surface area contributed by atoms with Crippen LogP contribution in [0.3, 0.4) is 0 Å². The molecule has 0 bridgehead atoms. The van der Waals surface area contributed by atoms with Crippen molar-refractivity contribution >= 4 is 63.7 Å². The van der Waals surface area contributed by atoms with Gasteiger partial charge in [-0.25, -0.2) is 0 Å². The number of alkyl halides is 4. The maximum Gasteiger partial charge on any atom is 0.0897 e. The van der Waals surface area contributed by atoms with Crippen LogP contribution in [0.5, 0.6) is 0 Å². The Kier molecular flexibility index (Phi) is 2.51. The molecular weight excluding hydrogens is 440 g/mol. The van der Waals surface area contributed by atoms with Crippen molar-refractivity contribution in [3.63, 3.8) is 0 Å². The molecular formula is C10H14Br4. The fraction of sp³-hybridized carbons (Fsp3) is 1.00. The lowest BCUT2D eigenvalue weighted by Gasteiger charge is -2.01. The summed E-state index contributed by atoms with van der Waals surface area (Å²) in [6, 6.07) is 0. The summed E-state index contributed by atoms with van der Waals surface area (Å²) >= 11 is 15.2. The fourth-order valence-electron chi connectivity index (χ4n) is 2.64. The molecule has 2 atom stereocenters. The zero-order valence-corrected chi connectivity index (χ0v) is 15.0. The molecule has 14 heavy (non-hydrogen) atoms. The Morgan fingerprint density at radius 2 is 0.786 bits per heavy atom. The van der Waals surface area contributed by atoms with Crippen LogP contribution in [0.15, 0.2) is 0 Å². The van der Waals surface area contributed by atoms with E-state index in [0.717, 1.165) is 0 Å². The predicted octanol–water partition coefficient (Wildman–Crippen LogP) is 5.27. The van der Waals surface area contributed by atoms with Crippen LogP contribution >= 0.6 is 63.7 Å². The Bertz CT molecular complexity index is 232. The molecule has 0 saturated heterocycles. The van der Waals surface area contributed by atoms with E-state index in [1.165, 1.54) is 0 Å². The van der Waals surface area contributed by atoms with E-state index in [1.807, 2.05) is 0 Å². The van der Waals surface area contributed by atoms with Gasteiger partial charge in [0, 0.05) is 0 Å². The van der Waals surface area contributed by atoms with Crippen molar-refractivity contribution in [3.05, 3.63) is 0 Å². The van der Waals surface area contributed by atoms with Crippen LogP contribution in [-0.2, 0) is 0 Å². The van der Waals surface area contributed by atoms with Crippen molar-refractivity contribution < 1.29 is 0 Å². The third-order valence-corrected chi connectivity index (χ3v) is 10.3. The van der Waals surface area contributed by atoms with Crippen molar-refractivity contribution in [2.24, 2.45) is 22.7 Å². The van der Waals surface area contributed by atoms with Crippen molar-refractivity contribution in [1.29, 1.82) is 0 Å². The molecule has 0 heterocycles. The smallest absolute Gasteiger partial charge is 0.0718 e. The first-order valence-corrected chi connectivity index (χ1v) is 7.92. The van der Waals surface area contributed by atoms with Crippen LogP contribution in [0, 0.1) is 22.7 Å². The Hall–Kier alpha value is 1.92. The Morgan fingerprint density at radius 3 is 0.857 bits per heavy atom. The van der Waals surface area contributed by atoms with Crippen LogP contribution in [0.1, 0.15) is 27.7 Å². The van der Waals surface area contributed by atoms with Gasteiger partial charge in [-0.2, -0.15) is 0 Å². The molecule has 0 radical (unpaired) electrons. The highest BCUT2D eigenvalue weighted by molar-refractivity contribution is 9.26. The lowest BCUT2D eigenvalue weighted by Crippen LogP contribution is -1.98. The highest BCUT2D eigenvalue weighted by Crippen LogP contribution is 2.86. The van der Waals surface area contributed by atoms with Gasteiger partial charge in [-0.15, -0.1) is 0 Å². The fourth-order valence-corrected chi connectivity index (χ4v) is 6.52. The standard InChI is InChI=1S/C10H14Br4/c1-7(2)5(9(7,11)12)6-8(3,4)10(6,13)14/h5-6H,1-4H3. The largest absolute Gasteiger partial charge is 0.0897 e. The summed E-state index contributed by atoms with van der Waals surface area (Å²) in [5.41, 5.74) is 0.663. The minimum atomic E-state index is 0.123. The van der Waals surface area contributed by atoms with Crippen LogP contribution in [0.25, 0.3) is 0 Å². The number of hydrogen-bond acceptors (Lipinski definition) is 0. The van der Waals surface area contributed by atoms with E-state index in [0.29, 0.717) is 22.7 Å². The maximum atomic E-state index is 3.79. The highest BCUT2D eigenvalue weighted by atomic mass is 79.9. The first-order valence-electron chi connectivity index (χ1n) is 4.74. The molecule has 2 unspecified atom stereocenters. The van der Waals surface area contributed by atoms with E-state index in [9.17, 15) is 0 Å². The monoisotopic (exact) mass is 450 g/mol. The maximum absolute atomic E-state index is 3.79. The molecule has 4 heteroatoms. The number of hydrogen-bond donors (Lipinski definition) is 0. The summed E-state index contributed by atoms with van der Waals surface area (Å²) < 4.78 is 0.246. The van der Waals surface area contributed by atoms with Gasteiger partial charge in [0.15, 0.2) is 0 Å². The van der Waals surface area contributed by atoms with Gasteiger partial charge in [0.25, 0.3) is 0 Å². The summed E-state index contributed by atoms with van der Waals surface area (Å²) in [6.45, 7) is 9.24. The Balaban J connectivity index is 2.24. The number of rotatable bonds is 1. The third-order valence-electron chi connectivity index (χ3n) is 4.22. The zero-order chi connectivity index (χ0) is 11.2. The first kappa shape index (κ1) is 12.4. The molecule has 0 nitrogen and oxygen atoms in total. The van der Waals surface area contributed by atoms with Gasteiger partial charge < -0.3 is 0 Å². The van der Waals surface area contributed by atoms with E-state index >= 15 is 0 Å². The van der Waals surface area contributed by atoms with E-state index in [-0.39, 0.29) is 6.47 Å². The van der Waals surface area contributed by atoms with E-state index in [2.05, 4.69) is 91.4 Å². The Labute approximate surface area is 119 Å². The predicted molar refractivity (Wildman–Crippen MR) is 75.7 cm³/mol. The molecule has 2 aliphatic carbocycles. The second-order valence-electron chi connectivity index (χ2n) is 5.64. The van der Waals surface area contributed by atoms with Crippen LogP contribution in [0.2, 0.25) is 0 Å². The highest BCUT2D eigenvalue weighted by Gasteiger charge is 2.83. The van der Waals surface area contributed by atoms with Crippen molar-refractivity contribution in [2.75, 3.05) is 0 Å². The quantitative estimate of drug-likeness (QED) is 0.474. The topological polar surface area (TPSA) is 0 Å². The van der Waals surface area contributed by atoms with Crippen molar-refractivity contribution in [3.8, 4) is 0 Å². The average molecular weight is 454 g/mol. The van der Waals surface area contributed by atoms with Gasteiger partial charge in [-0.3, -0.25) is 0 Å². The first-order chi connectivity index (χ1) is 5.99. The molecule has 0 aliphatic heterocycles. The second kappa shape index (κ2) is 2.84.